The summed E-state index contributed by atoms with van der Waals surface area (Å²) in [5.74, 6) is 1.26. The van der Waals surface area contributed by atoms with Gasteiger partial charge in [-0.3, -0.25) is 4.79 Å². The van der Waals surface area contributed by atoms with E-state index in [1.807, 2.05) is 50.3 Å². The zero-order valence-electron chi connectivity index (χ0n) is 19.5. The molecule has 1 saturated carbocycles. The molecule has 1 amide bonds. The van der Waals surface area contributed by atoms with Gasteiger partial charge in [0.15, 0.2) is 5.65 Å². The second kappa shape index (κ2) is 8.46. The normalized spacial score (nSPS) is 20.1. The molecule has 1 aliphatic rings. The lowest BCUT2D eigenvalue weighted by Crippen LogP contribution is -2.35. The van der Waals surface area contributed by atoms with Gasteiger partial charge in [0, 0.05) is 50.4 Å². The van der Waals surface area contributed by atoms with Crippen LogP contribution in [0.3, 0.4) is 0 Å². The molecule has 1 aromatic carbocycles. The van der Waals surface area contributed by atoms with E-state index in [0.29, 0.717) is 22.1 Å². The van der Waals surface area contributed by atoms with E-state index < -0.39 is 0 Å². The van der Waals surface area contributed by atoms with Crippen LogP contribution in [0.4, 0.5) is 11.9 Å². The number of carbonyl (C=O) groups is 1. The zero-order valence-corrected chi connectivity index (χ0v) is 21.1. The minimum atomic E-state index is -0.374. The number of nitrogens with one attached hydrogen (secondary N) is 2. The summed E-state index contributed by atoms with van der Waals surface area (Å²) in [6.07, 6.45) is 6.02. The quantitative estimate of drug-likeness (QED) is 0.409. The van der Waals surface area contributed by atoms with Gasteiger partial charge in [-0.1, -0.05) is 6.92 Å². The van der Waals surface area contributed by atoms with Crippen LogP contribution in [0.15, 0.2) is 35.2 Å². The van der Waals surface area contributed by atoms with Crippen LogP contribution in [0.1, 0.15) is 26.2 Å². The highest BCUT2D eigenvalue weighted by atomic mass is 79.9. The Balaban J connectivity index is 1.47. The number of amides is 1. The molecule has 0 saturated heterocycles. The van der Waals surface area contributed by atoms with E-state index >= 15 is 0 Å². The van der Waals surface area contributed by atoms with Crippen LogP contribution in [0, 0.1) is 5.41 Å². The predicted molar refractivity (Wildman–Crippen MR) is 135 cm³/mol. The maximum atomic E-state index is 12.3. The Morgan fingerprint density at radius 2 is 2.06 bits per heavy atom. The van der Waals surface area contributed by atoms with Crippen molar-refractivity contribution in [1.82, 2.24) is 35.0 Å². The highest BCUT2D eigenvalue weighted by molar-refractivity contribution is 9.10. The molecule has 3 heterocycles. The van der Waals surface area contributed by atoms with Gasteiger partial charge < -0.3 is 15.5 Å². The van der Waals surface area contributed by atoms with Crippen molar-refractivity contribution >= 4 is 55.7 Å². The predicted octanol–water partition coefficient (Wildman–Crippen LogP) is 3.30. The first-order valence-corrected chi connectivity index (χ1v) is 11.9. The minimum Gasteiger partial charge on any atom is -0.359 e. The lowest BCUT2D eigenvalue weighted by atomic mass is 9.87. The Bertz CT molecular complexity index is 1400. The number of rotatable bonds is 5. The van der Waals surface area contributed by atoms with Crippen LogP contribution in [-0.2, 0) is 4.79 Å². The second-order valence-corrected chi connectivity index (χ2v) is 9.92. The summed E-state index contributed by atoms with van der Waals surface area (Å²) in [7, 11) is 5.52. The molecule has 1 fully saturated rings. The van der Waals surface area contributed by atoms with Crippen molar-refractivity contribution in [3.8, 4) is 5.69 Å². The summed E-state index contributed by atoms with van der Waals surface area (Å²) in [5.41, 5.74) is 2.01. The molecule has 3 aromatic heterocycles. The van der Waals surface area contributed by atoms with Gasteiger partial charge in [-0.05, 0) is 53.4 Å². The molecule has 0 bridgehead atoms. The first-order chi connectivity index (χ1) is 16.3. The van der Waals surface area contributed by atoms with Gasteiger partial charge in [-0.2, -0.15) is 10.1 Å². The number of anilines is 2. The van der Waals surface area contributed by atoms with Crippen molar-refractivity contribution in [3.05, 3.63) is 35.2 Å². The van der Waals surface area contributed by atoms with Crippen LogP contribution in [0.25, 0.3) is 27.6 Å². The molecule has 0 aliphatic heterocycles. The van der Waals surface area contributed by atoms with E-state index in [9.17, 15) is 4.79 Å². The Kier molecular flexibility index (Phi) is 5.59. The van der Waals surface area contributed by atoms with E-state index in [2.05, 4.69) is 46.6 Å². The van der Waals surface area contributed by atoms with Crippen LogP contribution in [0.5, 0.6) is 0 Å². The summed E-state index contributed by atoms with van der Waals surface area (Å²) < 4.78 is 2.45. The maximum absolute atomic E-state index is 12.3. The third-order valence-electron chi connectivity index (χ3n) is 6.42. The lowest BCUT2D eigenvalue weighted by molar-refractivity contribution is -0.129. The minimum absolute atomic E-state index is 0.0770. The molecule has 0 unspecified atom stereocenters. The average Bonchev–Trinajstić information content (AvgIpc) is 3.37. The Morgan fingerprint density at radius 1 is 1.24 bits per heavy atom. The van der Waals surface area contributed by atoms with Crippen molar-refractivity contribution in [2.24, 2.45) is 5.41 Å². The molecule has 0 spiro atoms. The smallest absolute Gasteiger partial charge is 0.225 e. The first-order valence-electron chi connectivity index (χ1n) is 11.1. The maximum Gasteiger partial charge on any atom is 0.225 e. The third kappa shape index (κ3) is 3.93. The molecule has 0 radical (unpaired) electrons. The van der Waals surface area contributed by atoms with Crippen molar-refractivity contribution in [3.63, 3.8) is 0 Å². The van der Waals surface area contributed by atoms with E-state index in [1.165, 1.54) is 0 Å². The molecule has 5 rings (SSSR count). The molecule has 176 valence electrons. The Morgan fingerprint density at radius 3 is 2.82 bits per heavy atom. The number of fused-ring (bicyclic) bond motifs is 2. The SMILES string of the molecule is CNC(=O)[C@]1(C)CC[C@@H](Nc2ncc3c(Br)nn(-c4ccc5nc(N(C)C)ncc5c4)c3n2)C1. The molecule has 10 nitrogen and oxygen atoms in total. The van der Waals surface area contributed by atoms with E-state index in [4.69, 9.17) is 4.98 Å². The van der Waals surface area contributed by atoms with Crippen molar-refractivity contribution in [1.29, 1.82) is 0 Å². The molecule has 34 heavy (non-hydrogen) atoms. The first kappa shape index (κ1) is 22.5. The number of hydrogen-bond acceptors (Lipinski definition) is 8. The van der Waals surface area contributed by atoms with E-state index in [-0.39, 0.29) is 17.4 Å². The fourth-order valence-electron chi connectivity index (χ4n) is 4.53. The number of carbonyl (C=O) groups excluding carboxylic acids is 1. The van der Waals surface area contributed by atoms with Gasteiger partial charge in [0.2, 0.25) is 17.8 Å². The summed E-state index contributed by atoms with van der Waals surface area (Å²) in [6.45, 7) is 2.01. The van der Waals surface area contributed by atoms with E-state index in [0.717, 1.165) is 41.2 Å². The number of benzene rings is 1. The Hall–Kier alpha value is -3.34. The average molecular weight is 524 g/mol. The second-order valence-electron chi connectivity index (χ2n) is 9.16. The third-order valence-corrected chi connectivity index (χ3v) is 7.01. The largest absolute Gasteiger partial charge is 0.359 e. The Labute approximate surface area is 205 Å². The molecule has 1 aliphatic carbocycles. The number of hydrogen-bond donors (Lipinski definition) is 2. The summed E-state index contributed by atoms with van der Waals surface area (Å²) in [6, 6.07) is 6.05. The summed E-state index contributed by atoms with van der Waals surface area (Å²) >= 11 is 3.53. The van der Waals surface area contributed by atoms with Gasteiger partial charge in [0.05, 0.1) is 16.6 Å². The highest BCUT2D eigenvalue weighted by Crippen LogP contribution is 2.39. The van der Waals surface area contributed by atoms with Gasteiger partial charge in [0.1, 0.15) is 4.60 Å². The summed E-state index contributed by atoms with van der Waals surface area (Å²) in [4.78, 5) is 32.4. The molecular weight excluding hydrogens is 498 g/mol. The molecular formula is C23H26BrN9O. The molecule has 2 atom stereocenters. The topological polar surface area (TPSA) is 114 Å². The van der Waals surface area contributed by atoms with Crippen LogP contribution in [0.2, 0.25) is 0 Å². The van der Waals surface area contributed by atoms with Gasteiger partial charge in [-0.25, -0.2) is 19.6 Å². The van der Waals surface area contributed by atoms with Gasteiger partial charge in [-0.15, -0.1) is 0 Å². The number of nitrogens with zero attached hydrogens (tertiary/aromatic N) is 7. The standard InChI is InChI=1S/C23H26BrN9O/c1-23(20(34)25-2)8-7-14(10-23)28-21-26-12-16-18(24)31-33(19(16)30-21)15-5-6-17-13(9-15)11-27-22(29-17)32(3)4/h5-6,9,11-12,14H,7-8,10H2,1-4H3,(H,25,34)(H,26,28,30)/t14-,23-/m1/s1. The van der Waals surface area contributed by atoms with Crippen molar-refractivity contribution in [2.45, 2.75) is 32.2 Å². The monoisotopic (exact) mass is 523 g/mol. The highest BCUT2D eigenvalue weighted by Gasteiger charge is 2.40. The lowest BCUT2D eigenvalue weighted by Gasteiger charge is -2.22. The van der Waals surface area contributed by atoms with E-state index in [1.54, 1.807) is 17.9 Å². The fourth-order valence-corrected chi connectivity index (χ4v) is 4.97. The van der Waals surface area contributed by atoms with Gasteiger partial charge >= 0.3 is 0 Å². The number of aromatic nitrogens is 6. The van der Waals surface area contributed by atoms with Crippen LogP contribution in [-0.4, -0.2) is 62.8 Å². The molecule has 4 aromatic rings. The van der Waals surface area contributed by atoms with Crippen molar-refractivity contribution < 1.29 is 4.79 Å². The van der Waals surface area contributed by atoms with Crippen LogP contribution < -0.4 is 15.5 Å². The zero-order chi connectivity index (χ0) is 24.0. The summed E-state index contributed by atoms with van der Waals surface area (Å²) in [5, 5.41) is 12.6. The molecule has 11 heteroatoms. The molecule has 2 N–H and O–H groups in total. The van der Waals surface area contributed by atoms with Gasteiger partial charge in [0.25, 0.3) is 0 Å². The fraction of sp³-hybridized carbons (Fsp3) is 0.391. The van der Waals surface area contributed by atoms with Crippen molar-refractivity contribution in [2.75, 3.05) is 31.4 Å². The number of halogens is 1. The van der Waals surface area contributed by atoms with Crippen LogP contribution >= 0.6 is 15.9 Å².